The third-order valence-electron chi connectivity index (χ3n) is 6.13. The van der Waals surface area contributed by atoms with Crippen LogP contribution in [0.25, 0.3) is 11.5 Å². The minimum Gasteiger partial charge on any atom is -0.459 e. The molecule has 36 heavy (non-hydrogen) atoms. The van der Waals surface area contributed by atoms with E-state index in [0.717, 1.165) is 31.2 Å². The lowest BCUT2D eigenvalue weighted by Crippen LogP contribution is -2.36. The van der Waals surface area contributed by atoms with E-state index < -0.39 is 27.5 Å². The highest BCUT2D eigenvalue weighted by atomic mass is 32.2. The van der Waals surface area contributed by atoms with Gasteiger partial charge in [-0.2, -0.15) is 17.5 Å². The van der Waals surface area contributed by atoms with Crippen LogP contribution < -0.4 is 10.2 Å². The van der Waals surface area contributed by atoms with Crippen LogP contribution in [0.4, 0.5) is 30.5 Å². The third-order valence-corrected chi connectivity index (χ3v) is 7.38. The number of nitrogens with one attached hydrogen (secondary N) is 1. The first-order valence-corrected chi connectivity index (χ1v) is 13.1. The zero-order valence-corrected chi connectivity index (χ0v) is 20.2. The summed E-state index contributed by atoms with van der Waals surface area (Å²) in [6, 6.07) is 8.85. The number of morpholine rings is 1. The number of nitrogens with zero attached hydrogens (tertiary/aromatic N) is 4. The normalized spacial score (nSPS) is 17.2. The van der Waals surface area contributed by atoms with Crippen molar-refractivity contribution in [3.63, 3.8) is 0 Å². The van der Waals surface area contributed by atoms with Crippen LogP contribution in [-0.2, 0) is 33.9 Å². The number of hydrogen-bond acceptors (Lipinski definition) is 8. The molecule has 1 N–H and O–H groups in total. The van der Waals surface area contributed by atoms with Crippen molar-refractivity contribution in [3.05, 3.63) is 53.4 Å². The third kappa shape index (κ3) is 5.18. The molecule has 9 nitrogen and oxygen atoms in total. The minimum absolute atomic E-state index is 0.0238. The average molecular weight is 524 g/mol. The average Bonchev–Trinajstić information content (AvgIpc) is 3.27. The second-order valence-electron chi connectivity index (χ2n) is 8.63. The summed E-state index contributed by atoms with van der Waals surface area (Å²) in [5.74, 6) is 0.338. The second-order valence-corrected chi connectivity index (χ2v) is 10.6. The lowest BCUT2D eigenvalue weighted by atomic mass is 10.1. The number of hydrogen-bond donors (Lipinski definition) is 1. The number of alkyl halides is 3. The summed E-state index contributed by atoms with van der Waals surface area (Å²) in [7, 11) is -3.44. The van der Waals surface area contributed by atoms with Crippen molar-refractivity contribution in [2.24, 2.45) is 0 Å². The van der Waals surface area contributed by atoms with Gasteiger partial charge in [-0.3, -0.25) is 0 Å². The van der Waals surface area contributed by atoms with E-state index in [1.54, 1.807) is 12.1 Å². The number of anilines is 3. The molecule has 0 amide bonds. The van der Waals surface area contributed by atoms with Crippen molar-refractivity contribution < 1.29 is 30.7 Å². The molecule has 1 saturated heterocycles. The molecule has 0 spiro atoms. The summed E-state index contributed by atoms with van der Waals surface area (Å²) in [4.78, 5) is 10.2. The van der Waals surface area contributed by atoms with Crippen molar-refractivity contribution >= 4 is 27.3 Å². The van der Waals surface area contributed by atoms with Gasteiger partial charge < -0.3 is 19.4 Å². The molecule has 0 saturated carbocycles. The minimum atomic E-state index is -4.71. The van der Waals surface area contributed by atoms with E-state index >= 15 is 0 Å². The fraction of sp³-hybridized carbons (Fsp3) is 0.391. The van der Waals surface area contributed by atoms with Crippen molar-refractivity contribution in [1.29, 1.82) is 0 Å². The van der Waals surface area contributed by atoms with E-state index in [9.17, 15) is 21.6 Å². The van der Waals surface area contributed by atoms with Crippen LogP contribution in [-0.4, -0.2) is 61.8 Å². The molecule has 3 aromatic rings. The zero-order chi connectivity index (χ0) is 25.5. The van der Waals surface area contributed by atoms with Crippen LogP contribution in [0.15, 0.2) is 40.9 Å². The fourth-order valence-electron chi connectivity index (χ4n) is 4.25. The van der Waals surface area contributed by atoms with Crippen LogP contribution in [0.1, 0.15) is 16.9 Å². The molecule has 192 valence electrons. The number of benzene rings is 1. The fourth-order valence-corrected chi connectivity index (χ4v) is 5.05. The highest BCUT2D eigenvalue weighted by Crippen LogP contribution is 2.38. The first-order chi connectivity index (χ1) is 17.1. The van der Waals surface area contributed by atoms with Crippen molar-refractivity contribution in [2.75, 3.05) is 49.3 Å². The Bertz CT molecular complexity index is 1350. The van der Waals surface area contributed by atoms with Gasteiger partial charge in [-0.05, 0) is 30.3 Å². The molecular formula is C23H24F3N5O4S. The summed E-state index contributed by atoms with van der Waals surface area (Å²) in [5, 5.41) is 2.95. The van der Waals surface area contributed by atoms with Gasteiger partial charge in [0.2, 0.25) is 16.0 Å². The Morgan fingerprint density at radius 2 is 1.81 bits per heavy atom. The predicted molar refractivity (Wildman–Crippen MR) is 126 cm³/mol. The number of furan rings is 1. The molecule has 2 aromatic heterocycles. The molecule has 0 atom stereocenters. The van der Waals surface area contributed by atoms with Crippen LogP contribution in [0.3, 0.4) is 0 Å². The lowest BCUT2D eigenvalue weighted by molar-refractivity contribution is -0.137. The molecule has 2 aliphatic heterocycles. The number of rotatable bonds is 5. The van der Waals surface area contributed by atoms with Gasteiger partial charge in [0.25, 0.3) is 0 Å². The number of ether oxygens (including phenoxy) is 1. The number of aromatic nitrogens is 2. The molecule has 1 fully saturated rings. The van der Waals surface area contributed by atoms with Crippen LogP contribution >= 0.6 is 0 Å². The maximum atomic E-state index is 13.8. The number of halogens is 3. The summed E-state index contributed by atoms with van der Waals surface area (Å²) >= 11 is 0. The summed E-state index contributed by atoms with van der Waals surface area (Å²) < 4.78 is 77.5. The largest absolute Gasteiger partial charge is 0.459 e. The maximum absolute atomic E-state index is 13.8. The Hall–Kier alpha value is -3.16. The van der Waals surface area contributed by atoms with Gasteiger partial charge in [-0.25, -0.2) is 18.4 Å². The van der Waals surface area contributed by atoms with Crippen molar-refractivity contribution in [2.45, 2.75) is 19.1 Å². The SMILES string of the molecule is CS(=O)(=O)N1CCc2oc(-c3nc(Nc4ccc(N5CCOCC5)cc4)ncc3C(F)(F)F)cc2C1. The molecule has 4 heterocycles. The van der Waals surface area contributed by atoms with Gasteiger partial charge in [-0.15, -0.1) is 0 Å². The molecule has 1 aromatic carbocycles. The van der Waals surface area contributed by atoms with E-state index in [1.807, 2.05) is 12.1 Å². The summed E-state index contributed by atoms with van der Waals surface area (Å²) in [6.45, 7) is 3.11. The van der Waals surface area contributed by atoms with Crippen LogP contribution in [0.2, 0.25) is 0 Å². The van der Waals surface area contributed by atoms with Crippen LogP contribution in [0.5, 0.6) is 0 Å². The highest BCUT2D eigenvalue weighted by molar-refractivity contribution is 7.88. The first-order valence-electron chi connectivity index (χ1n) is 11.3. The van der Waals surface area contributed by atoms with E-state index in [-0.39, 0.29) is 31.2 Å². The Morgan fingerprint density at radius 1 is 1.08 bits per heavy atom. The van der Waals surface area contributed by atoms with Crippen molar-refractivity contribution in [3.8, 4) is 11.5 Å². The number of sulfonamides is 1. The van der Waals surface area contributed by atoms with E-state index in [1.165, 1.54) is 10.4 Å². The molecule has 0 aliphatic carbocycles. The number of fused-ring (bicyclic) bond motifs is 1. The van der Waals surface area contributed by atoms with Gasteiger partial charge in [0.05, 0.1) is 19.5 Å². The quantitative estimate of drug-likeness (QED) is 0.541. The molecule has 0 unspecified atom stereocenters. The second kappa shape index (κ2) is 9.37. The maximum Gasteiger partial charge on any atom is 0.420 e. The van der Waals surface area contributed by atoms with Gasteiger partial charge in [-0.1, -0.05) is 0 Å². The predicted octanol–water partition coefficient (Wildman–Crippen LogP) is 3.65. The standard InChI is InChI=1S/C23H24F3N5O4S/c1-36(32,33)31-7-6-19-15(14-31)12-20(35-19)21-18(23(24,25)26)13-27-22(29-21)28-16-2-4-17(5-3-16)30-8-10-34-11-9-30/h2-5,12-13H,6-11,14H2,1H3,(H,27,28,29). The molecule has 0 bridgehead atoms. The van der Waals surface area contributed by atoms with Crippen molar-refractivity contribution in [1.82, 2.24) is 14.3 Å². The van der Waals surface area contributed by atoms with E-state index in [4.69, 9.17) is 9.15 Å². The lowest BCUT2D eigenvalue weighted by Gasteiger charge is -2.28. The summed E-state index contributed by atoms with van der Waals surface area (Å²) in [6.07, 6.45) is -2.64. The van der Waals surface area contributed by atoms with E-state index in [0.29, 0.717) is 30.2 Å². The molecule has 2 aliphatic rings. The molecular weight excluding hydrogens is 499 g/mol. The van der Waals surface area contributed by atoms with Gasteiger partial charge in [0, 0.05) is 55.7 Å². The topological polar surface area (TPSA) is 101 Å². The molecule has 13 heteroatoms. The molecule has 5 rings (SSSR count). The Morgan fingerprint density at radius 3 is 2.47 bits per heavy atom. The smallest absolute Gasteiger partial charge is 0.420 e. The Kier molecular flexibility index (Phi) is 6.39. The monoisotopic (exact) mass is 523 g/mol. The van der Waals surface area contributed by atoms with Gasteiger partial charge in [0.1, 0.15) is 17.0 Å². The zero-order valence-electron chi connectivity index (χ0n) is 19.4. The van der Waals surface area contributed by atoms with Gasteiger partial charge >= 0.3 is 6.18 Å². The summed E-state index contributed by atoms with van der Waals surface area (Å²) in [5.41, 5.74) is 0.691. The van der Waals surface area contributed by atoms with E-state index in [2.05, 4.69) is 20.2 Å². The van der Waals surface area contributed by atoms with Crippen LogP contribution in [0, 0.1) is 0 Å². The molecule has 0 radical (unpaired) electrons. The highest BCUT2D eigenvalue weighted by Gasteiger charge is 2.37. The Labute approximate surface area is 205 Å². The Balaban J connectivity index is 1.42. The first kappa shape index (κ1) is 24.5. The van der Waals surface area contributed by atoms with Gasteiger partial charge in [0.15, 0.2) is 5.76 Å².